The topological polar surface area (TPSA) is 111 Å². The van der Waals surface area contributed by atoms with Crippen molar-refractivity contribution in [3.05, 3.63) is 83.6 Å². The van der Waals surface area contributed by atoms with E-state index in [1.807, 2.05) is 0 Å². The summed E-state index contributed by atoms with van der Waals surface area (Å²) >= 11 is 0. The van der Waals surface area contributed by atoms with Gasteiger partial charge in [0.25, 0.3) is 5.89 Å². The largest absolute Gasteiger partial charge is 0.484 e. The van der Waals surface area contributed by atoms with Gasteiger partial charge in [-0.1, -0.05) is 34.6 Å². The second-order valence-electron chi connectivity index (χ2n) is 7.02. The van der Waals surface area contributed by atoms with Crippen LogP contribution >= 0.6 is 0 Å². The van der Waals surface area contributed by atoms with Gasteiger partial charge in [-0.3, -0.25) is 4.79 Å². The van der Waals surface area contributed by atoms with Crippen LogP contribution in [0.4, 0.5) is 13.2 Å². The molecule has 0 spiro atoms. The van der Waals surface area contributed by atoms with Gasteiger partial charge in [0, 0.05) is 17.5 Å². The lowest BCUT2D eigenvalue weighted by Gasteiger charge is -2.13. The lowest BCUT2D eigenvalue weighted by atomic mass is 9.92. The summed E-state index contributed by atoms with van der Waals surface area (Å²) in [6.07, 6.45) is -3.26. The highest BCUT2D eigenvalue weighted by Crippen LogP contribution is 2.32. The standard InChI is InChI=1S/C22H16F3N3O5/c23-22(24,25)15-3-1-2-14(10-15)21-26-19(33-28-21)12-31-16-6-4-13(5-7-16)17(11-20(29)30)18-8-9-32-27-18/h1-10,17H,11-12H2,(H,29,30)/t17-/m0/s1. The van der Waals surface area contributed by atoms with Crippen molar-refractivity contribution in [2.45, 2.75) is 25.1 Å². The van der Waals surface area contributed by atoms with Crippen LogP contribution in [0.15, 0.2) is 69.9 Å². The van der Waals surface area contributed by atoms with Crippen LogP contribution in [0.3, 0.4) is 0 Å². The average molecular weight is 459 g/mol. The van der Waals surface area contributed by atoms with E-state index in [1.165, 1.54) is 18.4 Å². The number of halogens is 3. The van der Waals surface area contributed by atoms with E-state index in [4.69, 9.17) is 13.8 Å². The predicted octanol–water partition coefficient (Wildman–Crippen LogP) is 4.93. The summed E-state index contributed by atoms with van der Waals surface area (Å²) in [5, 5.41) is 16.7. The maximum absolute atomic E-state index is 12.9. The summed E-state index contributed by atoms with van der Waals surface area (Å²) in [5.74, 6) is -0.915. The first-order valence-corrected chi connectivity index (χ1v) is 9.64. The molecule has 0 aliphatic carbocycles. The van der Waals surface area contributed by atoms with E-state index >= 15 is 0 Å². The van der Waals surface area contributed by atoms with E-state index in [-0.39, 0.29) is 30.3 Å². The zero-order chi connectivity index (χ0) is 23.4. The monoisotopic (exact) mass is 459 g/mol. The third kappa shape index (κ3) is 5.37. The van der Waals surface area contributed by atoms with Gasteiger partial charge in [0.1, 0.15) is 12.0 Å². The van der Waals surface area contributed by atoms with Gasteiger partial charge in [-0.25, -0.2) is 0 Å². The van der Waals surface area contributed by atoms with Gasteiger partial charge in [-0.15, -0.1) is 0 Å². The highest BCUT2D eigenvalue weighted by atomic mass is 19.4. The van der Waals surface area contributed by atoms with Crippen LogP contribution in [0.5, 0.6) is 5.75 Å². The fourth-order valence-electron chi connectivity index (χ4n) is 3.18. The number of ether oxygens (including phenoxy) is 1. The molecular weight excluding hydrogens is 443 g/mol. The maximum Gasteiger partial charge on any atom is 0.416 e. The molecule has 4 aromatic rings. The Morgan fingerprint density at radius 3 is 2.55 bits per heavy atom. The minimum atomic E-state index is -4.48. The smallest absolute Gasteiger partial charge is 0.416 e. The fourth-order valence-corrected chi connectivity index (χ4v) is 3.18. The number of carbonyl (C=O) groups is 1. The van der Waals surface area contributed by atoms with Crippen molar-refractivity contribution in [2.24, 2.45) is 0 Å². The molecule has 1 N–H and O–H groups in total. The second kappa shape index (κ2) is 9.15. The molecule has 0 amide bonds. The Bertz CT molecular complexity index is 1220. The molecule has 0 aliphatic rings. The van der Waals surface area contributed by atoms with Crippen molar-refractivity contribution in [3.8, 4) is 17.1 Å². The molecule has 170 valence electrons. The number of rotatable bonds is 8. The van der Waals surface area contributed by atoms with E-state index in [9.17, 15) is 23.1 Å². The van der Waals surface area contributed by atoms with E-state index in [1.54, 1.807) is 30.3 Å². The zero-order valence-corrected chi connectivity index (χ0v) is 16.8. The number of aromatic nitrogens is 3. The average Bonchev–Trinajstić information content (AvgIpc) is 3.48. The van der Waals surface area contributed by atoms with Crippen LogP contribution in [0.2, 0.25) is 0 Å². The summed E-state index contributed by atoms with van der Waals surface area (Å²) in [7, 11) is 0. The zero-order valence-electron chi connectivity index (χ0n) is 16.8. The molecule has 0 aliphatic heterocycles. The van der Waals surface area contributed by atoms with Gasteiger partial charge in [-0.05, 0) is 29.8 Å². The van der Waals surface area contributed by atoms with Crippen molar-refractivity contribution < 1.29 is 36.9 Å². The molecule has 0 unspecified atom stereocenters. The maximum atomic E-state index is 12.9. The highest BCUT2D eigenvalue weighted by molar-refractivity contribution is 5.68. The first kappa shape index (κ1) is 22.1. The summed E-state index contributed by atoms with van der Waals surface area (Å²) in [4.78, 5) is 15.3. The number of alkyl halides is 3. The van der Waals surface area contributed by atoms with Crippen LogP contribution in [-0.4, -0.2) is 26.4 Å². The van der Waals surface area contributed by atoms with Crippen LogP contribution in [-0.2, 0) is 17.6 Å². The molecule has 0 bridgehead atoms. The third-order valence-electron chi connectivity index (χ3n) is 4.75. The number of nitrogens with zero attached hydrogens (tertiary/aromatic N) is 3. The van der Waals surface area contributed by atoms with Crippen molar-refractivity contribution in [3.63, 3.8) is 0 Å². The molecule has 2 aromatic carbocycles. The molecule has 4 rings (SSSR count). The molecule has 0 saturated heterocycles. The Hall–Kier alpha value is -4.15. The van der Waals surface area contributed by atoms with Gasteiger partial charge in [-0.2, -0.15) is 18.2 Å². The molecule has 33 heavy (non-hydrogen) atoms. The summed E-state index contributed by atoms with van der Waals surface area (Å²) in [5.41, 5.74) is 0.568. The Labute approximate surface area is 184 Å². The Morgan fingerprint density at radius 1 is 1.09 bits per heavy atom. The van der Waals surface area contributed by atoms with Crippen LogP contribution in [0.25, 0.3) is 11.4 Å². The van der Waals surface area contributed by atoms with Gasteiger partial charge < -0.3 is 18.9 Å². The second-order valence-corrected chi connectivity index (χ2v) is 7.02. The minimum absolute atomic E-state index is 0.0131. The number of carboxylic acid groups (broad SMARTS) is 1. The molecule has 0 fully saturated rings. The minimum Gasteiger partial charge on any atom is -0.484 e. The summed E-state index contributed by atoms with van der Waals surface area (Å²) < 4.78 is 54.2. The number of benzene rings is 2. The van der Waals surface area contributed by atoms with Gasteiger partial charge in [0.05, 0.1) is 17.7 Å². The van der Waals surface area contributed by atoms with Crippen LogP contribution in [0, 0.1) is 0 Å². The molecular formula is C22H16F3N3O5. The first-order valence-electron chi connectivity index (χ1n) is 9.64. The van der Waals surface area contributed by atoms with Gasteiger partial charge >= 0.3 is 12.1 Å². The summed E-state index contributed by atoms with van der Waals surface area (Å²) in [6.45, 7) is -0.104. The Balaban J connectivity index is 1.42. The predicted molar refractivity (Wildman–Crippen MR) is 106 cm³/mol. The highest BCUT2D eigenvalue weighted by Gasteiger charge is 2.30. The molecule has 11 heteroatoms. The third-order valence-corrected chi connectivity index (χ3v) is 4.75. The molecule has 0 radical (unpaired) electrons. The number of carboxylic acids is 1. The van der Waals surface area contributed by atoms with Crippen molar-refractivity contribution in [1.82, 2.24) is 15.3 Å². The molecule has 2 heterocycles. The lowest BCUT2D eigenvalue weighted by Crippen LogP contribution is -2.08. The lowest BCUT2D eigenvalue weighted by molar-refractivity contribution is -0.138. The number of aliphatic carboxylic acids is 1. The molecule has 2 aromatic heterocycles. The molecule has 8 nitrogen and oxygen atoms in total. The van der Waals surface area contributed by atoms with E-state index in [2.05, 4.69) is 15.3 Å². The van der Waals surface area contributed by atoms with Gasteiger partial charge in [0.15, 0.2) is 6.61 Å². The van der Waals surface area contributed by atoms with Crippen molar-refractivity contribution in [1.29, 1.82) is 0 Å². The normalized spacial score (nSPS) is 12.5. The molecule has 1 atom stereocenters. The van der Waals surface area contributed by atoms with Crippen LogP contribution in [0.1, 0.15) is 35.1 Å². The number of hydrogen-bond donors (Lipinski definition) is 1. The van der Waals surface area contributed by atoms with Crippen molar-refractivity contribution in [2.75, 3.05) is 0 Å². The molecule has 0 saturated carbocycles. The Kier molecular flexibility index (Phi) is 6.11. The SMILES string of the molecule is O=C(O)C[C@@H](c1ccc(OCc2nc(-c3cccc(C(F)(F)F)c3)no2)cc1)c1ccon1. The van der Waals surface area contributed by atoms with E-state index in [0.29, 0.717) is 17.0 Å². The van der Waals surface area contributed by atoms with Crippen molar-refractivity contribution >= 4 is 5.97 Å². The summed E-state index contributed by atoms with van der Waals surface area (Å²) in [6, 6.07) is 12.9. The quantitative estimate of drug-likeness (QED) is 0.395. The Morgan fingerprint density at radius 2 is 1.88 bits per heavy atom. The van der Waals surface area contributed by atoms with Crippen LogP contribution < -0.4 is 4.74 Å². The fraction of sp³-hybridized carbons (Fsp3) is 0.182. The van der Waals surface area contributed by atoms with E-state index < -0.39 is 23.6 Å². The first-order chi connectivity index (χ1) is 15.8. The van der Waals surface area contributed by atoms with E-state index in [0.717, 1.165) is 12.1 Å². The van der Waals surface area contributed by atoms with Gasteiger partial charge in [0.2, 0.25) is 5.82 Å². The number of hydrogen-bond acceptors (Lipinski definition) is 7.